The Morgan fingerprint density at radius 2 is 2.18 bits per heavy atom. The molecule has 0 aromatic heterocycles. The van der Waals surface area contributed by atoms with E-state index in [2.05, 4.69) is 11.3 Å². The maximum Gasteiger partial charge on any atom is 0.309 e. The molecule has 0 fully saturated rings. The summed E-state index contributed by atoms with van der Waals surface area (Å²) in [6.45, 7) is 7.60. The second-order valence-electron chi connectivity index (χ2n) is 2.90. The molecule has 0 heterocycles. The lowest BCUT2D eigenvalue weighted by atomic mass is 9.93. The minimum Gasteiger partial charge on any atom is -0.469 e. The van der Waals surface area contributed by atoms with Gasteiger partial charge < -0.3 is 4.74 Å². The van der Waals surface area contributed by atoms with Gasteiger partial charge in [-0.3, -0.25) is 4.79 Å². The average molecular weight is 156 g/mol. The number of esters is 1. The molecule has 0 unspecified atom stereocenters. The molecule has 0 aliphatic carbocycles. The van der Waals surface area contributed by atoms with Gasteiger partial charge in [-0.05, 0) is 12.3 Å². The van der Waals surface area contributed by atoms with Crippen LogP contribution in [0.4, 0.5) is 0 Å². The fourth-order valence-corrected chi connectivity index (χ4v) is 0.971. The number of rotatable bonds is 4. The summed E-state index contributed by atoms with van der Waals surface area (Å²) in [5.74, 6) is 0.151. The van der Waals surface area contributed by atoms with Gasteiger partial charge in [0.1, 0.15) is 0 Å². The van der Waals surface area contributed by atoms with Crippen LogP contribution < -0.4 is 0 Å². The Morgan fingerprint density at radius 3 is 2.45 bits per heavy atom. The molecule has 0 radical (unpaired) electrons. The van der Waals surface area contributed by atoms with Gasteiger partial charge in [-0.15, -0.1) is 6.58 Å². The van der Waals surface area contributed by atoms with Crippen molar-refractivity contribution in [2.75, 3.05) is 7.11 Å². The van der Waals surface area contributed by atoms with Crippen molar-refractivity contribution < 1.29 is 9.53 Å². The van der Waals surface area contributed by atoms with E-state index in [0.29, 0.717) is 12.3 Å². The van der Waals surface area contributed by atoms with Crippen LogP contribution >= 0.6 is 0 Å². The zero-order valence-corrected chi connectivity index (χ0v) is 7.46. The number of ether oxygens (including phenoxy) is 1. The molecule has 2 nitrogen and oxygen atoms in total. The molecule has 0 aromatic rings. The van der Waals surface area contributed by atoms with Crippen LogP contribution in [0.3, 0.4) is 0 Å². The van der Waals surface area contributed by atoms with Crippen molar-refractivity contribution in [1.82, 2.24) is 0 Å². The van der Waals surface area contributed by atoms with E-state index in [9.17, 15) is 4.79 Å². The van der Waals surface area contributed by atoms with E-state index in [1.165, 1.54) is 7.11 Å². The first-order valence-corrected chi connectivity index (χ1v) is 3.82. The highest BCUT2D eigenvalue weighted by molar-refractivity contribution is 5.72. The van der Waals surface area contributed by atoms with Crippen molar-refractivity contribution in [3.63, 3.8) is 0 Å². The molecule has 0 amide bonds. The van der Waals surface area contributed by atoms with Crippen molar-refractivity contribution in [1.29, 1.82) is 0 Å². The first-order chi connectivity index (χ1) is 5.13. The van der Waals surface area contributed by atoms with E-state index in [0.717, 1.165) is 0 Å². The maximum absolute atomic E-state index is 11.1. The van der Waals surface area contributed by atoms with E-state index in [1.54, 1.807) is 6.08 Å². The number of methoxy groups -OCH3 is 1. The van der Waals surface area contributed by atoms with Gasteiger partial charge in [-0.2, -0.15) is 0 Å². The highest BCUT2D eigenvalue weighted by Crippen LogP contribution is 2.16. The highest BCUT2D eigenvalue weighted by Gasteiger charge is 2.20. The monoisotopic (exact) mass is 156 g/mol. The first kappa shape index (κ1) is 10.2. The maximum atomic E-state index is 11.1. The summed E-state index contributed by atoms with van der Waals surface area (Å²) in [5, 5.41) is 0. The number of hydrogen-bond donors (Lipinski definition) is 0. The molecule has 1 atom stereocenters. The molecule has 0 aliphatic rings. The molecular weight excluding hydrogens is 140 g/mol. The predicted molar refractivity (Wildman–Crippen MR) is 45.2 cm³/mol. The average Bonchev–Trinajstić information content (AvgIpc) is 1.98. The van der Waals surface area contributed by atoms with Crippen LogP contribution in [0.5, 0.6) is 0 Å². The van der Waals surface area contributed by atoms with Gasteiger partial charge in [0.15, 0.2) is 0 Å². The lowest BCUT2D eigenvalue weighted by Gasteiger charge is -2.15. The zero-order chi connectivity index (χ0) is 8.85. The fourth-order valence-electron chi connectivity index (χ4n) is 0.971. The van der Waals surface area contributed by atoms with Crippen LogP contribution in [0.1, 0.15) is 20.3 Å². The van der Waals surface area contributed by atoms with Crippen molar-refractivity contribution in [2.45, 2.75) is 20.3 Å². The van der Waals surface area contributed by atoms with E-state index in [1.807, 2.05) is 13.8 Å². The lowest BCUT2D eigenvalue weighted by Crippen LogP contribution is -2.20. The molecule has 0 saturated carbocycles. The Morgan fingerprint density at radius 1 is 1.64 bits per heavy atom. The molecule has 0 aliphatic heterocycles. The fraction of sp³-hybridized carbons (Fsp3) is 0.667. The van der Waals surface area contributed by atoms with E-state index in [4.69, 9.17) is 0 Å². The van der Waals surface area contributed by atoms with Gasteiger partial charge in [0.2, 0.25) is 0 Å². The number of hydrogen-bond acceptors (Lipinski definition) is 2. The Hall–Kier alpha value is -0.790. The Kier molecular flexibility index (Phi) is 4.59. The summed E-state index contributed by atoms with van der Waals surface area (Å²) in [4.78, 5) is 11.1. The molecule has 11 heavy (non-hydrogen) atoms. The topological polar surface area (TPSA) is 26.3 Å². The highest BCUT2D eigenvalue weighted by atomic mass is 16.5. The van der Waals surface area contributed by atoms with E-state index in [-0.39, 0.29) is 11.9 Å². The minimum atomic E-state index is -0.139. The summed E-state index contributed by atoms with van der Waals surface area (Å²) in [6, 6.07) is 0. The van der Waals surface area contributed by atoms with E-state index < -0.39 is 0 Å². The van der Waals surface area contributed by atoms with Crippen molar-refractivity contribution in [2.24, 2.45) is 11.8 Å². The summed E-state index contributed by atoms with van der Waals surface area (Å²) in [6.07, 6.45) is 2.45. The van der Waals surface area contributed by atoms with Gasteiger partial charge in [-0.25, -0.2) is 0 Å². The van der Waals surface area contributed by atoms with Gasteiger partial charge in [0.05, 0.1) is 13.0 Å². The van der Waals surface area contributed by atoms with Gasteiger partial charge in [-0.1, -0.05) is 19.9 Å². The zero-order valence-electron chi connectivity index (χ0n) is 7.46. The van der Waals surface area contributed by atoms with Crippen LogP contribution in [0, 0.1) is 11.8 Å². The third kappa shape index (κ3) is 3.21. The standard InChI is InChI=1S/C9H16O2/c1-5-6-8(7(2)3)9(10)11-4/h5,7-8H,1,6H2,2-4H3/t8-/m0/s1. The third-order valence-corrected chi connectivity index (χ3v) is 1.73. The molecule has 2 heteroatoms. The molecule has 0 aromatic carbocycles. The Balaban J connectivity index is 4.08. The second kappa shape index (κ2) is 4.94. The predicted octanol–water partition coefficient (Wildman–Crippen LogP) is 2.01. The van der Waals surface area contributed by atoms with Crippen LogP contribution in [0.25, 0.3) is 0 Å². The van der Waals surface area contributed by atoms with Crippen molar-refractivity contribution in [3.05, 3.63) is 12.7 Å². The van der Waals surface area contributed by atoms with Gasteiger partial charge in [0.25, 0.3) is 0 Å². The van der Waals surface area contributed by atoms with Crippen molar-refractivity contribution >= 4 is 5.97 Å². The third-order valence-electron chi connectivity index (χ3n) is 1.73. The quantitative estimate of drug-likeness (QED) is 0.459. The molecule has 0 spiro atoms. The van der Waals surface area contributed by atoms with Crippen LogP contribution in [-0.2, 0) is 9.53 Å². The molecule has 0 rings (SSSR count). The van der Waals surface area contributed by atoms with Crippen LogP contribution in [0.15, 0.2) is 12.7 Å². The number of allylic oxidation sites excluding steroid dienone is 1. The smallest absolute Gasteiger partial charge is 0.309 e. The number of carbonyl (C=O) groups excluding carboxylic acids is 1. The largest absolute Gasteiger partial charge is 0.469 e. The summed E-state index contributed by atoms with van der Waals surface area (Å²) < 4.78 is 4.64. The first-order valence-electron chi connectivity index (χ1n) is 3.82. The van der Waals surface area contributed by atoms with Gasteiger partial charge in [0, 0.05) is 0 Å². The van der Waals surface area contributed by atoms with Crippen LogP contribution in [0.2, 0.25) is 0 Å². The minimum absolute atomic E-state index is 0.0301. The number of carbonyl (C=O) groups is 1. The summed E-state index contributed by atoms with van der Waals surface area (Å²) >= 11 is 0. The molecular formula is C9H16O2. The molecule has 0 N–H and O–H groups in total. The lowest BCUT2D eigenvalue weighted by molar-refractivity contribution is -0.146. The Bertz CT molecular complexity index is 138. The SMILES string of the molecule is C=CC[C@H](C(=O)OC)C(C)C. The summed E-state index contributed by atoms with van der Waals surface area (Å²) in [5.41, 5.74) is 0. The van der Waals surface area contributed by atoms with E-state index >= 15 is 0 Å². The van der Waals surface area contributed by atoms with Crippen LogP contribution in [-0.4, -0.2) is 13.1 Å². The Labute approximate surface area is 68.2 Å². The van der Waals surface area contributed by atoms with Crippen molar-refractivity contribution in [3.8, 4) is 0 Å². The van der Waals surface area contributed by atoms with Gasteiger partial charge >= 0.3 is 5.97 Å². The second-order valence-corrected chi connectivity index (χ2v) is 2.90. The summed E-state index contributed by atoms with van der Waals surface area (Å²) in [7, 11) is 1.42. The normalized spacial score (nSPS) is 12.7. The molecule has 0 saturated heterocycles. The molecule has 0 bridgehead atoms. The molecule has 64 valence electrons.